The van der Waals surface area contributed by atoms with Gasteiger partial charge in [0.05, 0.1) is 19.3 Å². The molecule has 0 aliphatic carbocycles. The maximum absolute atomic E-state index is 12.8. The predicted molar refractivity (Wildman–Crippen MR) is 125 cm³/mol. The Morgan fingerprint density at radius 3 is 2.82 bits per heavy atom. The van der Waals surface area contributed by atoms with Crippen molar-refractivity contribution in [1.29, 1.82) is 0 Å². The van der Waals surface area contributed by atoms with E-state index in [1.54, 1.807) is 7.11 Å². The van der Waals surface area contributed by atoms with Gasteiger partial charge in [0.2, 0.25) is 11.8 Å². The fourth-order valence-electron chi connectivity index (χ4n) is 5.68. The molecule has 0 bridgehead atoms. The summed E-state index contributed by atoms with van der Waals surface area (Å²) in [5, 5.41) is 2.80. The van der Waals surface area contributed by atoms with E-state index in [0.29, 0.717) is 18.9 Å². The third-order valence-electron chi connectivity index (χ3n) is 7.50. The van der Waals surface area contributed by atoms with Gasteiger partial charge in [-0.25, -0.2) is 0 Å². The molecule has 7 heteroatoms. The predicted octanol–water partition coefficient (Wildman–Crippen LogP) is 3.86. The van der Waals surface area contributed by atoms with Gasteiger partial charge in [0.25, 0.3) is 0 Å². The normalized spacial score (nSPS) is 27.5. The Kier molecular flexibility index (Phi) is 7.17. The Hall–Kier alpha value is -2.28. The van der Waals surface area contributed by atoms with Crippen LogP contribution in [-0.4, -0.2) is 55.2 Å². The highest BCUT2D eigenvalue weighted by Crippen LogP contribution is 2.55. The van der Waals surface area contributed by atoms with Crippen LogP contribution in [0.1, 0.15) is 71.0 Å². The van der Waals surface area contributed by atoms with Gasteiger partial charge < -0.3 is 24.4 Å². The zero-order valence-corrected chi connectivity index (χ0v) is 20.4. The number of carbonyl (C=O) groups is 2. The summed E-state index contributed by atoms with van der Waals surface area (Å²) in [5.41, 5.74) is 0.701. The molecule has 0 unspecified atom stereocenters. The second-order valence-electron chi connectivity index (χ2n) is 10.2. The van der Waals surface area contributed by atoms with Gasteiger partial charge in [0.1, 0.15) is 5.60 Å². The molecule has 0 aromatic heterocycles. The molecule has 2 amide bonds. The Labute approximate surface area is 197 Å². The first-order valence-electron chi connectivity index (χ1n) is 12.3. The number of nitrogens with one attached hydrogen (secondary N) is 1. The molecule has 1 N–H and O–H groups in total. The van der Waals surface area contributed by atoms with Crippen molar-refractivity contribution in [2.24, 2.45) is 11.8 Å². The van der Waals surface area contributed by atoms with Crippen molar-refractivity contribution in [2.75, 3.05) is 26.7 Å². The Morgan fingerprint density at radius 2 is 2.06 bits per heavy atom. The highest BCUT2D eigenvalue weighted by molar-refractivity contribution is 5.76. The van der Waals surface area contributed by atoms with E-state index >= 15 is 0 Å². The van der Waals surface area contributed by atoms with Gasteiger partial charge >= 0.3 is 0 Å². The first-order valence-corrected chi connectivity index (χ1v) is 12.3. The van der Waals surface area contributed by atoms with Crippen molar-refractivity contribution >= 4 is 11.8 Å². The molecule has 0 spiro atoms. The Bertz CT molecular complexity index is 870. The lowest BCUT2D eigenvalue weighted by Crippen LogP contribution is -2.56. The molecule has 4 rings (SSSR count). The topological polar surface area (TPSA) is 77.1 Å². The summed E-state index contributed by atoms with van der Waals surface area (Å²) in [5.74, 6) is 2.35. The minimum atomic E-state index is -0.378. The summed E-state index contributed by atoms with van der Waals surface area (Å²) < 4.78 is 18.7. The maximum atomic E-state index is 12.8. The zero-order valence-electron chi connectivity index (χ0n) is 20.4. The standard InChI is InChI=1S/C26H38N2O5/c1-17(29)27-13-7-5-6-11-23(30)28-14-12-21-18(16-28)15-20-24(32-21)19-9-8-10-22(31-4)25(19)33-26(20,2)3/h8-10,18,20-21,24H,5-7,11-16H2,1-4H3,(H,27,29)/t18-,20+,21+,24-/m1/s1. The van der Waals surface area contributed by atoms with E-state index in [1.807, 2.05) is 17.0 Å². The van der Waals surface area contributed by atoms with Crippen LogP contribution in [0.4, 0.5) is 0 Å². The van der Waals surface area contributed by atoms with E-state index in [1.165, 1.54) is 6.92 Å². The number of nitrogens with zero attached hydrogens (tertiary/aromatic N) is 1. The average Bonchev–Trinajstić information content (AvgIpc) is 2.79. The first-order chi connectivity index (χ1) is 15.8. The molecule has 0 radical (unpaired) electrons. The van der Waals surface area contributed by atoms with E-state index in [2.05, 4.69) is 25.2 Å². The molecule has 3 aliphatic rings. The fraction of sp³-hybridized carbons (Fsp3) is 0.692. The van der Waals surface area contributed by atoms with Crippen molar-refractivity contribution in [3.63, 3.8) is 0 Å². The SMILES string of the molecule is COc1cccc2c1OC(C)(C)[C@H]1C[C@@H]3CN(C(=O)CCCCCNC(C)=O)CC[C@@H]3O[C@H]21. The molecule has 2 fully saturated rings. The number of unbranched alkanes of at least 4 members (excludes halogenated alkanes) is 2. The molecular weight excluding hydrogens is 420 g/mol. The van der Waals surface area contributed by atoms with Crippen LogP contribution in [0, 0.1) is 11.8 Å². The molecule has 3 aliphatic heterocycles. The Morgan fingerprint density at radius 1 is 1.24 bits per heavy atom. The van der Waals surface area contributed by atoms with Gasteiger partial charge in [-0.2, -0.15) is 0 Å². The van der Waals surface area contributed by atoms with Gasteiger partial charge in [-0.3, -0.25) is 9.59 Å². The highest BCUT2D eigenvalue weighted by Gasteiger charge is 2.52. The van der Waals surface area contributed by atoms with E-state index < -0.39 is 0 Å². The van der Waals surface area contributed by atoms with Crippen LogP contribution in [-0.2, 0) is 14.3 Å². The molecular formula is C26H38N2O5. The number of carbonyl (C=O) groups excluding carboxylic acids is 2. The molecule has 182 valence electrons. The summed E-state index contributed by atoms with van der Waals surface area (Å²) in [6.45, 7) is 8.00. The second kappa shape index (κ2) is 9.92. The lowest BCUT2D eigenvalue weighted by Gasteiger charge is -2.53. The maximum Gasteiger partial charge on any atom is 0.222 e. The number of rotatable bonds is 7. The van der Waals surface area contributed by atoms with Gasteiger partial charge in [0.15, 0.2) is 11.5 Å². The molecule has 3 heterocycles. The number of fused-ring (bicyclic) bond motifs is 4. The van der Waals surface area contributed by atoms with Crippen LogP contribution in [0.15, 0.2) is 18.2 Å². The summed E-state index contributed by atoms with van der Waals surface area (Å²) in [7, 11) is 1.67. The number of likely N-dealkylation sites (tertiary alicyclic amines) is 1. The van der Waals surface area contributed by atoms with Gasteiger partial charge in [-0.15, -0.1) is 0 Å². The summed E-state index contributed by atoms with van der Waals surface area (Å²) in [6.07, 6.45) is 5.33. The van der Waals surface area contributed by atoms with Crippen molar-refractivity contribution in [3.05, 3.63) is 23.8 Å². The number of piperidine rings is 1. The molecule has 7 nitrogen and oxygen atoms in total. The van der Waals surface area contributed by atoms with Crippen LogP contribution in [0.2, 0.25) is 0 Å². The van der Waals surface area contributed by atoms with E-state index in [4.69, 9.17) is 14.2 Å². The van der Waals surface area contributed by atoms with E-state index in [-0.39, 0.29) is 35.5 Å². The largest absolute Gasteiger partial charge is 0.493 e. The third-order valence-corrected chi connectivity index (χ3v) is 7.50. The Balaban J connectivity index is 1.35. The quantitative estimate of drug-likeness (QED) is 0.628. The number of amides is 2. The van der Waals surface area contributed by atoms with E-state index in [0.717, 1.165) is 62.3 Å². The minimum absolute atomic E-state index is 0.0000520. The van der Waals surface area contributed by atoms with Crippen molar-refractivity contribution < 1.29 is 23.8 Å². The van der Waals surface area contributed by atoms with Crippen LogP contribution < -0.4 is 14.8 Å². The zero-order chi connectivity index (χ0) is 23.6. The van der Waals surface area contributed by atoms with Crippen LogP contribution >= 0.6 is 0 Å². The average molecular weight is 459 g/mol. The number of hydrogen-bond acceptors (Lipinski definition) is 5. The number of hydrogen-bond donors (Lipinski definition) is 1. The molecule has 4 atom stereocenters. The van der Waals surface area contributed by atoms with Crippen molar-refractivity contribution in [2.45, 2.75) is 77.1 Å². The van der Waals surface area contributed by atoms with Crippen molar-refractivity contribution in [1.82, 2.24) is 10.2 Å². The smallest absolute Gasteiger partial charge is 0.222 e. The summed E-state index contributed by atoms with van der Waals surface area (Å²) >= 11 is 0. The van der Waals surface area contributed by atoms with Crippen LogP contribution in [0.5, 0.6) is 11.5 Å². The molecule has 1 aromatic rings. The lowest BCUT2D eigenvalue weighted by atomic mass is 9.70. The highest BCUT2D eigenvalue weighted by atomic mass is 16.5. The van der Waals surface area contributed by atoms with Gasteiger partial charge in [-0.1, -0.05) is 18.6 Å². The van der Waals surface area contributed by atoms with Gasteiger partial charge in [0, 0.05) is 50.4 Å². The number of para-hydroxylation sites is 1. The molecule has 1 aromatic carbocycles. The summed E-state index contributed by atoms with van der Waals surface area (Å²) in [4.78, 5) is 25.8. The van der Waals surface area contributed by atoms with Crippen LogP contribution in [0.25, 0.3) is 0 Å². The summed E-state index contributed by atoms with van der Waals surface area (Å²) in [6, 6.07) is 6.03. The van der Waals surface area contributed by atoms with Crippen LogP contribution in [0.3, 0.4) is 0 Å². The van der Waals surface area contributed by atoms with Gasteiger partial charge in [-0.05, 0) is 45.6 Å². The number of methoxy groups -OCH3 is 1. The molecule has 33 heavy (non-hydrogen) atoms. The van der Waals surface area contributed by atoms with Crippen molar-refractivity contribution in [3.8, 4) is 11.5 Å². The fourth-order valence-corrected chi connectivity index (χ4v) is 5.68. The first kappa shape index (κ1) is 23.9. The van der Waals surface area contributed by atoms with E-state index in [9.17, 15) is 9.59 Å². The lowest BCUT2D eigenvalue weighted by molar-refractivity contribution is -0.189. The monoisotopic (exact) mass is 458 g/mol. The molecule has 0 saturated carbocycles. The number of ether oxygens (including phenoxy) is 3. The molecule has 2 saturated heterocycles. The minimum Gasteiger partial charge on any atom is -0.493 e. The number of benzene rings is 1. The second-order valence-corrected chi connectivity index (χ2v) is 10.2. The third kappa shape index (κ3) is 5.13.